The predicted octanol–water partition coefficient (Wildman–Crippen LogP) is 3.95. The molecule has 1 aliphatic carbocycles. The number of hydrogen-bond acceptors (Lipinski definition) is 2. The van der Waals surface area contributed by atoms with Gasteiger partial charge in [0.15, 0.2) is 0 Å². The lowest BCUT2D eigenvalue weighted by molar-refractivity contribution is 0.428. The van der Waals surface area contributed by atoms with Crippen molar-refractivity contribution in [1.82, 2.24) is 9.97 Å². The van der Waals surface area contributed by atoms with Crippen LogP contribution in [0.5, 0.6) is 0 Å². The largest absolute Gasteiger partial charge is 0.334 e. The zero-order valence-corrected chi connectivity index (χ0v) is 10.3. The van der Waals surface area contributed by atoms with Crippen LogP contribution < -0.4 is 0 Å². The Hall–Kier alpha value is -0.220. The van der Waals surface area contributed by atoms with Crippen LogP contribution in [-0.2, 0) is 0 Å². The molecule has 0 aromatic carbocycles. The van der Waals surface area contributed by atoms with Crippen molar-refractivity contribution in [2.75, 3.05) is 0 Å². The van der Waals surface area contributed by atoms with Crippen LogP contribution in [0.2, 0.25) is 0 Å². The van der Waals surface area contributed by atoms with E-state index in [9.17, 15) is 0 Å². The number of hydrogen-bond donors (Lipinski definition) is 1. The molecule has 1 fully saturated rings. The second kappa shape index (κ2) is 4.53. The van der Waals surface area contributed by atoms with Gasteiger partial charge >= 0.3 is 0 Å². The van der Waals surface area contributed by atoms with Crippen molar-refractivity contribution in [3.63, 3.8) is 0 Å². The summed E-state index contributed by atoms with van der Waals surface area (Å²) in [7, 11) is 0. The molecule has 1 aromatic heterocycles. The van der Waals surface area contributed by atoms with Gasteiger partial charge in [-0.3, -0.25) is 0 Å². The van der Waals surface area contributed by atoms with E-state index in [1.165, 1.54) is 32.1 Å². The number of nitrogens with zero attached hydrogens (tertiary/aromatic N) is 1. The summed E-state index contributed by atoms with van der Waals surface area (Å²) in [6.45, 7) is 0. The third-order valence-electron chi connectivity index (χ3n) is 2.77. The highest BCUT2D eigenvalue weighted by Crippen LogP contribution is 2.30. The Labute approximate surface area is 97.3 Å². The SMILES string of the molecule is S=c1[nH]c(C2CCCCC2)ncc1Br. The summed E-state index contributed by atoms with van der Waals surface area (Å²) in [4.78, 5) is 7.60. The first-order valence-corrected chi connectivity index (χ1v) is 6.22. The first-order valence-electron chi connectivity index (χ1n) is 5.02. The molecule has 0 spiro atoms. The summed E-state index contributed by atoms with van der Waals surface area (Å²) >= 11 is 8.52. The van der Waals surface area contributed by atoms with E-state index < -0.39 is 0 Å². The highest BCUT2D eigenvalue weighted by atomic mass is 79.9. The van der Waals surface area contributed by atoms with Crippen LogP contribution in [0.15, 0.2) is 10.7 Å². The Morgan fingerprint density at radius 3 is 2.71 bits per heavy atom. The first kappa shape index (κ1) is 10.3. The lowest BCUT2D eigenvalue weighted by Gasteiger charge is -2.20. The zero-order chi connectivity index (χ0) is 9.97. The molecule has 1 saturated carbocycles. The molecule has 0 atom stereocenters. The predicted molar refractivity (Wildman–Crippen MR) is 62.9 cm³/mol. The summed E-state index contributed by atoms with van der Waals surface area (Å²) < 4.78 is 1.65. The van der Waals surface area contributed by atoms with E-state index in [-0.39, 0.29) is 0 Å². The van der Waals surface area contributed by atoms with Crippen LogP contribution in [-0.4, -0.2) is 9.97 Å². The molecule has 0 radical (unpaired) electrons. The van der Waals surface area contributed by atoms with Gasteiger partial charge in [0, 0.05) is 12.1 Å². The lowest BCUT2D eigenvalue weighted by Crippen LogP contribution is -2.08. The summed E-state index contributed by atoms with van der Waals surface area (Å²) in [5, 5.41) is 0. The maximum atomic E-state index is 5.17. The Kier molecular flexibility index (Phi) is 3.34. The average Bonchev–Trinajstić information content (AvgIpc) is 2.23. The van der Waals surface area contributed by atoms with Gasteiger partial charge in [0.05, 0.1) is 4.47 Å². The van der Waals surface area contributed by atoms with Gasteiger partial charge in [-0.25, -0.2) is 4.98 Å². The molecule has 14 heavy (non-hydrogen) atoms. The van der Waals surface area contributed by atoms with E-state index in [0.29, 0.717) is 5.92 Å². The van der Waals surface area contributed by atoms with Crippen LogP contribution in [0.1, 0.15) is 43.8 Å². The van der Waals surface area contributed by atoms with E-state index in [1.807, 2.05) is 6.20 Å². The van der Waals surface area contributed by atoms with Crippen molar-refractivity contribution < 1.29 is 0 Å². The Balaban J connectivity index is 2.23. The minimum absolute atomic E-state index is 0.596. The number of nitrogens with one attached hydrogen (secondary N) is 1. The van der Waals surface area contributed by atoms with Crippen molar-refractivity contribution >= 4 is 28.1 Å². The molecule has 0 amide bonds. The fraction of sp³-hybridized carbons (Fsp3) is 0.600. The second-order valence-corrected chi connectivity index (χ2v) is 5.04. The molecule has 76 valence electrons. The molecule has 2 rings (SSSR count). The lowest BCUT2D eigenvalue weighted by atomic mass is 9.89. The maximum absolute atomic E-state index is 5.17. The quantitative estimate of drug-likeness (QED) is 0.785. The number of halogens is 1. The zero-order valence-electron chi connectivity index (χ0n) is 7.92. The molecule has 0 unspecified atom stereocenters. The molecular formula is C10H13BrN2S. The van der Waals surface area contributed by atoms with Gasteiger partial charge in [-0.05, 0) is 28.8 Å². The van der Waals surface area contributed by atoms with E-state index in [4.69, 9.17) is 12.2 Å². The third kappa shape index (κ3) is 2.23. The Bertz CT molecular complexity index is 369. The fourth-order valence-electron chi connectivity index (χ4n) is 1.98. The molecular weight excluding hydrogens is 260 g/mol. The minimum atomic E-state index is 0.596. The van der Waals surface area contributed by atoms with Crippen LogP contribution in [0.3, 0.4) is 0 Å². The van der Waals surface area contributed by atoms with Crippen molar-refractivity contribution in [3.05, 3.63) is 21.1 Å². The fourth-order valence-corrected chi connectivity index (χ4v) is 2.34. The normalized spacial score (nSPS) is 18.4. The van der Waals surface area contributed by atoms with Crippen molar-refractivity contribution in [2.24, 2.45) is 0 Å². The number of aromatic nitrogens is 2. The van der Waals surface area contributed by atoms with Gasteiger partial charge in [-0.15, -0.1) is 0 Å². The molecule has 1 aliphatic rings. The molecule has 1 heterocycles. The maximum Gasteiger partial charge on any atom is 0.120 e. The van der Waals surface area contributed by atoms with Gasteiger partial charge in [0.1, 0.15) is 10.5 Å². The molecule has 4 heteroatoms. The number of aromatic amines is 1. The van der Waals surface area contributed by atoms with Gasteiger partial charge < -0.3 is 4.98 Å². The first-order chi connectivity index (χ1) is 6.77. The summed E-state index contributed by atoms with van der Waals surface area (Å²) in [5.41, 5.74) is 0. The van der Waals surface area contributed by atoms with Crippen LogP contribution in [0.25, 0.3) is 0 Å². The Morgan fingerprint density at radius 1 is 1.36 bits per heavy atom. The van der Waals surface area contributed by atoms with Crippen molar-refractivity contribution in [3.8, 4) is 0 Å². The molecule has 0 bridgehead atoms. The smallest absolute Gasteiger partial charge is 0.120 e. The Morgan fingerprint density at radius 2 is 2.07 bits per heavy atom. The number of H-pyrrole nitrogens is 1. The van der Waals surface area contributed by atoms with Gasteiger partial charge in [-0.1, -0.05) is 31.5 Å². The molecule has 2 nitrogen and oxygen atoms in total. The second-order valence-electron chi connectivity index (χ2n) is 3.78. The summed E-state index contributed by atoms with van der Waals surface area (Å²) in [5.74, 6) is 1.66. The third-order valence-corrected chi connectivity index (χ3v) is 3.95. The molecule has 1 aromatic rings. The summed E-state index contributed by atoms with van der Waals surface area (Å²) in [6.07, 6.45) is 8.32. The van der Waals surface area contributed by atoms with E-state index >= 15 is 0 Å². The number of rotatable bonds is 1. The summed E-state index contributed by atoms with van der Waals surface area (Å²) in [6, 6.07) is 0. The van der Waals surface area contributed by atoms with Crippen LogP contribution in [0, 0.1) is 4.64 Å². The van der Waals surface area contributed by atoms with Gasteiger partial charge in [0.25, 0.3) is 0 Å². The van der Waals surface area contributed by atoms with E-state index in [0.717, 1.165) is 14.9 Å². The van der Waals surface area contributed by atoms with Gasteiger partial charge in [-0.2, -0.15) is 0 Å². The van der Waals surface area contributed by atoms with Crippen LogP contribution in [0.4, 0.5) is 0 Å². The standard InChI is InChI=1S/C10H13BrN2S/c11-8-6-12-9(13-10(8)14)7-4-2-1-3-5-7/h6-7H,1-5H2,(H,12,13,14). The molecule has 1 N–H and O–H groups in total. The van der Waals surface area contributed by atoms with Crippen molar-refractivity contribution in [1.29, 1.82) is 0 Å². The van der Waals surface area contributed by atoms with E-state index in [1.54, 1.807) is 0 Å². The monoisotopic (exact) mass is 272 g/mol. The van der Waals surface area contributed by atoms with Crippen molar-refractivity contribution in [2.45, 2.75) is 38.0 Å². The minimum Gasteiger partial charge on any atom is -0.334 e. The molecule has 0 aliphatic heterocycles. The van der Waals surface area contributed by atoms with E-state index in [2.05, 4.69) is 25.9 Å². The van der Waals surface area contributed by atoms with Crippen LogP contribution >= 0.6 is 28.1 Å². The topological polar surface area (TPSA) is 28.7 Å². The highest BCUT2D eigenvalue weighted by Gasteiger charge is 2.17. The van der Waals surface area contributed by atoms with Gasteiger partial charge in [0.2, 0.25) is 0 Å². The molecule has 0 saturated heterocycles. The highest BCUT2D eigenvalue weighted by molar-refractivity contribution is 9.10. The average molecular weight is 273 g/mol.